The molecule has 0 saturated heterocycles. The first-order valence-electron chi connectivity index (χ1n) is 8.99. The molecule has 0 aliphatic heterocycles. The smallest absolute Gasteiger partial charge is 0.251 e. The van der Waals surface area contributed by atoms with Crippen molar-refractivity contribution in [2.75, 3.05) is 5.32 Å². The van der Waals surface area contributed by atoms with Crippen molar-refractivity contribution in [3.63, 3.8) is 0 Å². The van der Waals surface area contributed by atoms with Crippen molar-refractivity contribution in [3.8, 4) is 11.5 Å². The average Bonchev–Trinajstić information content (AvgIpc) is 3.20. The molecule has 1 aliphatic carbocycles. The van der Waals surface area contributed by atoms with E-state index in [0.717, 1.165) is 24.2 Å². The molecule has 7 heteroatoms. The van der Waals surface area contributed by atoms with Gasteiger partial charge in [0.05, 0.1) is 0 Å². The molecule has 0 unspecified atom stereocenters. The van der Waals surface area contributed by atoms with E-state index < -0.39 is 0 Å². The zero-order chi connectivity index (χ0) is 19.5. The normalized spacial score (nSPS) is 13.6. The molecule has 0 atom stereocenters. The van der Waals surface area contributed by atoms with Crippen LogP contribution in [0.5, 0.6) is 0 Å². The predicted molar refractivity (Wildman–Crippen MR) is 109 cm³/mol. The molecule has 142 valence electrons. The maximum Gasteiger partial charge on any atom is 0.251 e. The van der Waals surface area contributed by atoms with E-state index in [4.69, 9.17) is 4.42 Å². The summed E-state index contributed by atoms with van der Waals surface area (Å²) in [6.07, 6.45) is 5.26. The molecule has 1 saturated carbocycles. The highest BCUT2D eigenvalue weighted by Crippen LogP contribution is 2.26. The molecule has 2 aromatic heterocycles. The minimum Gasteiger partial charge on any atom is -0.460 e. The number of carbonyl (C=O) groups excluding carboxylic acids is 2. The molecule has 1 aromatic carbocycles. The van der Waals surface area contributed by atoms with Crippen molar-refractivity contribution in [1.29, 1.82) is 0 Å². The van der Waals surface area contributed by atoms with Crippen molar-refractivity contribution < 1.29 is 14.0 Å². The highest BCUT2D eigenvalue weighted by atomic mass is 32.1. The Morgan fingerprint density at radius 3 is 2.64 bits per heavy atom. The van der Waals surface area contributed by atoms with Gasteiger partial charge in [-0.05, 0) is 55.7 Å². The van der Waals surface area contributed by atoms with Gasteiger partial charge in [-0.15, -0.1) is 11.3 Å². The van der Waals surface area contributed by atoms with E-state index in [1.165, 1.54) is 17.4 Å². The Kier molecular flexibility index (Phi) is 5.08. The van der Waals surface area contributed by atoms with Crippen LogP contribution in [0.3, 0.4) is 0 Å². The molecule has 0 spiro atoms. The van der Waals surface area contributed by atoms with Gasteiger partial charge in [-0.2, -0.15) is 0 Å². The Labute approximate surface area is 166 Å². The number of hydrogen-bond donors (Lipinski definition) is 2. The zero-order valence-electron chi connectivity index (χ0n) is 15.3. The highest BCUT2D eigenvalue weighted by Gasteiger charge is 2.23. The van der Waals surface area contributed by atoms with Crippen LogP contribution in [-0.4, -0.2) is 22.8 Å². The number of aromatic nitrogens is 1. The third-order valence-corrected chi connectivity index (χ3v) is 5.00. The lowest BCUT2D eigenvalue weighted by Crippen LogP contribution is -2.25. The topological polar surface area (TPSA) is 84.2 Å². The molecule has 28 heavy (non-hydrogen) atoms. The first kappa shape index (κ1) is 18.2. The van der Waals surface area contributed by atoms with Crippen molar-refractivity contribution in [3.05, 3.63) is 64.7 Å². The summed E-state index contributed by atoms with van der Waals surface area (Å²) in [5, 5.41) is 8.03. The van der Waals surface area contributed by atoms with Gasteiger partial charge < -0.3 is 9.73 Å². The Hall–Kier alpha value is -3.19. The molecular formula is C21H19N3O3S. The summed E-state index contributed by atoms with van der Waals surface area (Å²) < 4.78 is 5.53. The minimum absolute atomic E-state index is 0.0536. The Morgan fingerprint density at radius 1 is 1.18 bits per heavy atom. The monoisotopic (exact) mass is 393 g/mol. The van der Waals surface area contributed by atoms with E-state index in [-0.39, 0.29) is 11.8 Å². The van der Waals surface area contributed by atoms with E-state index in [2.05, 4.69) is 15.6 Å². The number of furan rings is 1. The first-order chi connectivity index (χ1) is 13.6. The SMILES string of the molecule is Cc1ccc(-c2csc(NC(=O)/C=C/c3ccc(C(=O)NC4CC4)cc3)n2)o1. The van der Waals surface area contributed by atoms with Gasteiger partial charge >= 0.3 is 0 Å². The molecule has 0 radical (unpaired) electrons. The van der Waals surface area contributed by atoms with Crippen molar-refractivity contribution in [1.82, 2.24) is 10.3 Å². The summed E-state index contributed by atoms with van der Waals surface area (Å²) in [5.74, 6) is 1.16. The van der Waals surface area contributed by atoms with Gasteiger partial charge in [0, 0.05) is 23.1 Å². The van der Waals surface area contributed by atoms with Crippen molar-refractivity contribution >= 4 is 34.4 Å². The molecule has 6 nitrogen and oxygen atoms in total. The van der Waals surface area contributed by atoms with Crippen molar-refractivity contribution in [2.45, 2.75) is 25.8 Å². The number of hydrogen-bond acceptors (Lipinski definition) is 5. The van der Waals surface area contributed by atoms with Crippen LogP contribution in [0.25, 0.3) is 17.5 Å². The van der Waals surface area contributed by atoms with Crippen LogP contribution in [0, 0.1) is 6.92 Å². The number of benzene rings is 1. The average molecular weight is 393 g/mol. The summed E-state index contributed by atoms with van der Waals surface area (Å²) in [7, 11) is 0. The van der Waals surface area contributed by atoms with Crippen LogP contribution in [-0.2, 0) is 4.79 Å². The molecular weight excluding hydrogens is 374 g/mol. The fourth-order valence-electron chi connectivity index (χ4n) is 2.58. The second-order valence-corrected chi connectivity index (χ2v) is 7.50. The third-order valence-electron chi connectivity index (χ3n) is 4.24. The van der Waals surface area contributed by atoms with Gasteiger partial charge in [0.15, 0.2) is 10.9 Å². The van der Waals surface area contributed by atoms with Crippen LogP contribution in [0.1, 0.15) is 34.5 Å². The van der Waals surface area contributed by atoms with Gasteiger partial charge in [-0.25, -0.2) is 4.98 Å². The summed E-state index contributed by atoms with van der Waals surface area (Å²) in [4.78, 5) is 28.5. The number of nitrogens with one attached hydrogen (secondary N) is 2. The lowest BCUT2D eigenvalue weighted by atomic mass is 10.1. The molecule has 3 aromatic rings. The number of rotatable bonds is 6. The number of carbonyl (C=O) groups is 2. The quantitative estimate of drug-likeness (QED) is 0.613. The second-order valence-electron chi connectivity index (χ2n) is 6.64. The Bertz CT molecular complexity index is 1030. The summed E-state index contributed by atoms with van der Waals surface area (Å²) in [5.41, 5.74) is 2.15. The highest BCUT2D eigenvalue weighted by molar-refractivity contribution is 7.14. The van der Waals surface area contributed by atoms with E-state index in [9.17, 15) is 9.59 Å². The summed E-state index contributed by atoms with van der Waals surface area (Å²) >= 11 is 1.34. The van der Waals surface area contributed by atoms with E-state index in [1.807, 2.05) is 36.6 Å². The van der Waals surface area contributed by atoms with Crippen LogP contribution in [0.2, 0.25) is 0 Å². The van der Waals surface area contributed by atoms with Gasteiger partial charge in [0.1, 0.15) is 11.5 Å². The van der Waals surface area contributed by atoms with Crippen LogP contribution < -0.4 is 10.6 Å². The summed E-state index contributed by atoms with van der Waals surface area (Å²) in [6.45, 7) is 1.87. The molecule has 2 heterocycles. The Morgan fingerprint density at radius 2 is 1.96 bits per heavy atom. The molecule has 2 N–H and O–H groups in total. The molecule has 1 aliphatic rings. The lowest BCUT2D eigenvalue weighted by Gasteiger charge is -2.03. The standard InChI is InChI=1S/C21H19N3O3S/c1-13-2-10-18(27-13)17-12-28-21(23-17)24-19(25)11-5-14-3-6-15(7-4-14)20(26)22-16-8-9-16/h2-7,10-12,16H,8-9H2,1H3,(H,22,26)(H,23,24,25)/b11-5+. The maximum absolute atomic E-state index is 12.1. The van der Waals surface area contributed by atoms with E-state index in [1.54, 1.807) is 18.2 Å². The van der Waals surface area contributed by atoms with Crippen molar-refractivity contribution in [2.24, 2.45) is 0 Å². The first-order valence-corrected chi connectivity index (χ1v) is 9.87. The third kappa shape index (κ3) is 4.55. The van der Waals surface area contributed by atoms with Gasteiger partial charge in [0.2, 0.25) is 5.91 Å². The lowest BCUT2D eigenvalue weighted by molar-refractivity contribution is -0.111. The maximum atomic E-state index is 12.1. The van der Waals surface area contributed by atoms with Gasteiger partial charge in [0.25, 0.3) is 5.91 Å². The largest absolute Gasteiger partial charge is 0.460 e. The number of amides is 2. The van der Waals surface area contributed by atoms with Gasteiger partial charge in [-0.3, -0.25) is 14.9 Å². The van der Waals surface area contributed by atoms with E-state index in [0.29, 0.717) is 28.2 Å². The summed E-state index contributed by atoms with van der Waals surface area (Å²) in [6, 6.07) is 11.2. The van der Waals surface area contributed by atoms with Crippen LogP contribution >= 0.6 is 11.3 Å². The van der Waals surface area contributed by atoms with Crippen LogP contribution in [0.15, 0.2) is 52.3 Å². The number of anilines is 1. The molecule has 2 amide bonds. The molecule has 4 rings (SSSR count). The Balaban J connectivity index is 1.33. The number of thiazole rings is 1. The minimum atomic E-state index is -0.271. The van der Waals surface area contributed by atoms with Crippen LogP contribution in [0.4, 0.5) is 5.13 Å². The number of aryl methyl sites for hydroxylation is 1. The zero-order valence-corrected chi connectivity index (χ0v) is 16.1. The van der Waals surface area contributed by atoms with Gasteiger partial charge in [-0.1, -0.05) is 12.1 Å². The molecule has 1 fully saturated rings. The fraction of sp³-hybridized carbons (Fsp3) is 0.190. The number of nitrogens with zero attached hydrogens (tertiary/aromatic N) is 1. The molecule has 0 bridgehead atoms. The van der Waals surface area contributed by atoms with E-state index >= 15 is 0 Å². The predicted octanol–water partition coefficient (Wildman–Crippen LogP) is 4.26. The fourth-order valence-corrected chi connectivity index (χ4v) is 3.28. The second kappa shape index (κ2) is 7.82.